The molecule has 2 unspecified atom stereocenters. The number of aliphatic imine (C=N–C) groups is 1. The maximum Gasteiger partial charge on any atom is 0.269 e. The molecule has 8 nitrogen and oxygen atoms in total. The summed E-state index contributed by atoms with van der Waals surface area (Å²) >= 11 is 3.46. The van der Waals surface area contributed by atoms with Crippen molar-refractivity contribution in [2.45, 2.75) is 12.1 Å². The van der Waals surface area contributed by atoms with Gasteiger partial charge in [0.2, 0.25) is 0 Å². The van der Waals surface area contributed by atoms with Crippen LogP contribution in [0.15, 0.2) is 82.3 Å². The molecule has 31 heavy (non-hydrogen) atoms. The molecule has 0 aromatic heterocycles. The summed E-state index contributed by atoms with van der Waals surface area (Å²) in [5, 5.41) is 22.0. The summed E-state index contributed by atoms with van der Waals surface area (Å²) in [7, 11) is 1.93. The third-order valence-corrected chi connectivity index (χ3v) is 5.83. The molecule has 0 radical (unpaired) electrons. The van der Waals surface area contributed by atoms with Crippen LogP contribution in [0.5, 0.6) is 0 Å². The van der Waals surface area contributed by atoms with Gasteiger partial charge >= 0.3 is 0 Å². The second-order valence-corrected chi connectivity index (χ2v) is 8.07. The number of nitro benzene ring substituents is 2. The van der Waals surface area contributed by atoms with Crippen molar-refractivity contribution in [3.8, 4) is 0 Å². The Balaban J connectivity index is 1.77. The van der Waals surface area contributed by atoms with Gasteiger partial charge in [-0.1, -0.05) is 28.1 Å². The van der Waals surface area contributed by atoms with Crippen molar-refractivity contribution >= 4 is 33.1 Å². The number of rotatable bonds is 5. The van der Waals surface area contributed by atoms with E-state index in [1.54, 1.807) is 24.3 Å². The molecule has 1 heterocycles. The molecule has 4 rings (SSSR count). The fourth-order valence-corrected chi connectivity index (χ4v) is 4.03. The van der Waals surface area contributed by atoms with E-state index >= 15 is 0 Å². The molecule has 9 heteroatoms. The van der Waals surface area contributed by atoms with E-state index in [-0.39, 0.29) is 23.5 Å². The summed E-state index contributed by atoms with van der Waals surface area (Å²) in [5.74, 6) is 0.700. The van der Waals surface area contributed by atoms with Crippen LogP contribution in [0, 0.1) is 20.2 Å². The largest absolute Gasteiger partial charge is 0.350 e. The van der Waals surface area contributed by atoms with Gasteiger partial charge in [0.25, 0.3) is 11.4 Å². The highest BCUT2D eigenvalue weighted by Gasteiger charge is 2.36. The maximum absolute atomic E-state index is 11.0. The summed E-state index contributed by atoms with van der Waals surface area (Å²) in [4.78, 5) is 28.1. The Hall–Kier alpha value is -3.59. The second kappa shape index (κ2) is 8.27. The molecule has 0 aliphatic carbocycles. The smallest absolute Gasteiger partial charge is 0.269 e. The lowest BCUT2D eigenvalue weighted by molar-refractivity contribution is -0.385. The first-order chi connectivity index (χ1) is 14.8. The normalized spacial score (nSPS) is 18.0. The zero-order chi connectivity index (χ0) is 22.1. The predicted molar refractivity (Wildman–Crippen MR) is 120 cm³/mol. The lowest BCUT2D eigenvalue weighted by atomic mass is 9.94. The van der Waals surface area contributed by atoms with Crippen LogP contribution >= 0.6 is 15.9 Å². The van der Waals surface area contributed by atoms with E-state index in [1.165, 1.54) is 24.3 Å². The highest BCUT2D eigenvalue weighted by atomic mass is 79.9. The van der Waals surface area contributed by atoms with Crippen molar-refractivity contribution in [1.82, 2.24) is 4.90 Å². The van der Waals surface area contributed by atoms with Gasteiger partial charge < -0.3 is 4.90 Å². The molecule has 3 aromatic rings. The van der Waals surface area contributed by atoms with Crippen molar-refractivity contribution in [2.24, 2.45) is 4.99 Å². The molecule has 0 amide bonds. The van der Waals surface area contributed by atoms with Crippen molar-refractivity contribution in [3.63, 3.8) is 0 Å². The minimum absolute atomic E-state index is 0.0152. The quantitative estimate of drug-likeness (QED) is 0.357. The summed E-state index contributed by atoms with van der Waals surface area (Å²) in [5.41, 5.74) is 2.69. The summed E-state index contributed by atoms with van der Waals surface area (Å²) < 4.78 is 0.959. The van der Waals surface area contributed by atoms with Crippen molar-refractivity contribution in [2.75, 3.05) is 7.05 Å². The second-order valence-electron chi connectivity index (χ2n) is 7.16. The molecule has 1 aliphatic heterocycles. The molecular formula is C22H17BrN4O4. The maximum atomic E-state index is 11.0. The SMILES string of the molecule is CN1C(c2ccc([N+](=O)[O-])cc2)=NC(c2ccc([N+](=O)[O-])cc2)C1c1ccc(Br)cc1. The third kappa shape index (κ3) is 4.04. The highest BCUT2D eigenvalue weighted by molar-refractivity contribution is 9.10. The first kappa shape index (κ1) is 20.7. The van der Waals surface area contributed by atoms with Crippen molar-refractivity contribution in [3.05, 3.63) is 114 Å². The molecule has 0 bridgehead atoms. The van der Waals surface area contributed by atoms with Crippen LogP contribution in [0.2, 0.25) is 0 Å². The molecule has 156 valence electrons. The summed E-state index contributed by atoms with van der Waals surface area (Å²) in [6.45, 7) is 0. The van der Waals surface area contributed by atoms with E-state index < -0.39 is 9.85 Å². The Morgan fingerprint density at radius 2 is 1.29 bits per heavy atom. The highest BCUT2D eigenvalue weighted by Crippen LogP contribution is 2.43. The van der Waals surface area contributed by atoms with Gasteiger partial charge in [0, 0.05) is 41.3 Å². The first-order valence-electron chi connectivity index (χ1n) is 9.40. The molecule has 1 aliphatic rings. The van der Waals surface area contributed by atoms with E-state index in [1.807, 2.05) is 36.2 Å². The van der Waals surface area contributed by atoms with Crippen LogP contribution < -0.4 is 0 Å². The van der Waals surface area contributed by atoms with Crippen molar-refractivity contribution in [1.29, 1.82) is 0 Å². The van der Waals surface area contributed by atoms with Gasteiger partial charge in [0.15, 0.2) is 0 Å². The van der Waals surface area contributed by atoms with Crippen molar-refractivity contribution < 1.29 is 9.85 Å². The number of hydrogen-bond donors (Lipinski definition) is 0. The minimum Gasteiger partial charge on any atom is -0.350 e. The summed E-state index contributed by atoms with van der Waals surface area (Å²) in [6.07, 6.45) is 0. The van der Waals surface area contributed by atoms with Gasteiger partial charge in [-0.3, -0.25) is 25.2 Å². The van der Waals surface area contributed by atoms with Gasteiger partial charge in [-0.15, -0.1) is 0 Å². The van der Waals surface area contributed by atoms with E-state index in [4.69, 9.17) is 4.99 Å². The zero-order valence-corrected chi connectivity index (χ0v) is 18.0. The molecule has 0 fully saturated rings. The minimum atomic E-state index is -0.436. The van der Waals surface area contributed by atoms with Crippen LogP contribution in [-0.2, 0) is 0 Å². The van der Waals surface area contributed by atoms with Crippen LogP contribution in [0.1, 0.15) is 28.8 Å². The monoisotopic (exact) mass is 480 g/mol. The molecule has 2 atom stereocenters. The molecule has 0 spiro atoms. The Bertz CT molecular complexity index is 1160. The first-order valence-corrected chi connectivity index (χ1v) is 10.2. The Morgan fingerprint density at radius 3 is 1.81 bits per heavy atom. The average molecular weight is 481 g/mol. The number of non-ortho nitro benzene ring substituents is 2. The Labute approximate surface area is 186 Å². The lowest BCUT2D eigenvalue weighted by Gasteiger charge is -2.27. The standard InChI is InChI=1S/C22H17BrN4O4/c1-25-21(15-2-8-17(23)9-3-15)20(14-4-10-18(11-5-14)26(28)29)24-22(25)16-6-12-19(13-7-16)27(30)31/h2-13,20-21H,1H3. The van der Waals surface area contributed by atoms with E-state index in [0.29, 0.717) is 5.84 Å². The summed E-state index contributed by atoms with van der Waals surface area (Å²) in [6, 6.07) is 20.2. The molecule has 0 N–H and O–H groups in total. The number of halogens is 1. The number of nitro groups is 2. The molecular weight excluding hydrogens is 464 g/mol. The fraction of sp³-hybridized carbons (Fsp3) is 0.136. The third-order valence-electron chi connectivity index (χ3n) is 5.31. The molecule has 0 saturated carbocycles. The van der Waals surface area contributed by atoms with Crippen LogP contribution in [-0.4, -0.2) is 27.6 Å². The number of nitrogens with zero attached hydrogens (tertiary/aromatic N) is 4. The Kier molecular flexibility index (Phi) is 5.51. The number of benzene rings is 3. The average Bonchev–Trinajstić information content (AvgIpc) is 3.11. The van der Waals surface area contributed by atoms with Crippen LogP contribution in [0.4, 0.5) is 11.4 Å². The Morgan fingerprint density at radius 1 is 0.806 bits per heavy atom. The van der Waals surface area contributed by atoms with E-state index in [9.17, 15) is 20.2 Å². The molecule has 0 saturated heterocycles. The number of likely N-dealkylation sites (N-methyl/N-ethyl adjacent to an activating group) is 1. The van der Waals surface area contributed by atoms with Gasteiger partial charge in [-0.05, 0) is 47.5 Å². The number of hydrogen-bond acceptors (Lipinski definition) is 6. The zero-order valence-electron chi connectivity index (χ0n) is 16.4. The van der Waals surface area contributed by atoms with Crippen LogP contribution in [0.25, 0.3) is 0 Å². The predicted octanol–water partition coefficient (Wildman–Crippen LogP) is 5.44. The fourth-order valence-electron chi connectivity index (χ4n) is 3.76. The van der Waals surface area contributed by atoms with Gasteiger partial charge in [-0.25, -0.2) is 0 Å². The van der Waals surface area contributed by atoms with Gasteiger partial charge in [-0.2, -0.15) is 0 Å². The van der Waals surface area contributed by atoms with E-state index in [0.717, 1.165) is 21.2 Å². The van der Waals surface area contributed by atoms with Crippen LogP contribution in [0.3, 0.4) is 0 Å². The van der Waals surface area contributed by atoms with Gasteiger partial charge in [0.1, 0.15) is 11.9 Å². The van der Waals surface area contributed by atoms with Gasteiger partial charge in [0.05, 0.1) is 15.9 Å². The topological polar surface area (TPSA) is 102 Å². The number of amidine groups is 1. The van der Waals surface area contributed by atoms with E-state index in [2.05, 4.69) is 15.9 Å². The molecule has 3 aromatic carbocycles. The lowest BCUT2D eigenvalue weighted by Crippen LogP contribution is -2.28.